The fourth-order valence-corrected chi connectivity index (χ4v) is 2.77. The Kier molecular flexibility index (Phi) is 5.71. The van der Waals surface area contributed by atoms with Crippen LogP contribution in [0.25, 0.3) is 10.9 Å². The number of methoxy groups -OCH3 is 2. The molecule has 0 saturated carbocycles. The van der Waals surface area contributed by atoms with E-state index in [0.29, 0.717) is 53.2 Å². The minimum absolute atomic E-state index is 0.131. The summed E-state index contributed by atoms with van der Waals surface area (Å²) in [5.74, 6) is 1.65. The molecule has 140 valence electrons. The second-order valence-electron chi connectivity index (χ2n) is 6.03. The van der Waals surface area contributed by atoms with E-state index in [4.69, 9.17) is 9.47 Å². The van der Waals surface area contributed by atoms with Gasteiger partial charge in [0, 0.05) is 36.7 Å². The summed E-state index contributed by atoms with van der Waals surface area (Å²) in [6.07, 6.45) is 1.37. The van der Waals surface area contributed by atoms with Crippen LogP contribution in [0.3, 0.4) is 0 Å². The van der Waals surface area contributed by atoms with E-state index in [9.17, 15) is 9.59 Å². The molecule has 3 aromatic rings. The number of nitrogens with one attached hydrogen (secondary N) is 2. The van der Waals surface area contributed by atoms with Crippen molar-refractivity contribution in [2.45, 2.75) is 19.3 Å². The molecule has 7 heteroatoms. The van der Waals surface area contributed by atoms with Crippen LogP contribution in [-0.4, -0.2) is 30.1 Å². The zero-order chi connectivity index (χ0) is 19.2. The number of aryl methyl sites for hydroxylation is 1. The molecule has 2 aromatic carbocycles. The van der Waals surface area contributed by atoms with E-state index in [1.54, 1.807) is 50.6 Å². The average Bonchev–Trinajstić information content (AvgIpc) is 2.67. The number of aromatic nitrogens is 2. The normalized spacial score (nSPS) is 10.6. The van der Waals surface area contributed by atoms with Crippen molar-refractivity contribution in [3.05, 3.63) is 58.6 Å². The lowest BCUT2D eigenvalue weighted by Crippen LogP contribution is -2.14. The molecule has 0 radical (unpaired) electrons. The fourth-order valence-electron chi connectivity index (χ4n) is 2.77. The van der Waals surface area contributed by atoms with E-state index in [2.05, 4.69) is 15.3 Å². The molecular weight excluding hydrogens is 346 g/mol. The van der Waals surface area contributed by atoms with Gasteiger partial charge in [-0.05, 0) is 18.6 Å². The highest BCUT2D eigenvalue weighted by molar-refractivity contribution is 5.91. The van der Waals surface area contributed by atoms with Crippen LogP contribution in [0.1, 0.15) is 18.7 Å². The van der Waals surface area contributed by atoms with Gasteiger partial charge in [0.1, 0.15) is 17.3 Å². The summed E-state index contributed by atoms with van der Waals surface area (Å²) >= 11 is 0. The first-order chi connectivity index (χ1) is 13.1. The fraction of sp³-hybridized carbons (Fsp3) is 0.250. The number of amides is 1. The minimum Gasteiger partial charge on any atom is -0.497 e. The summed E-state index contributed by atoms with van der Waals surface area (Å²) in [4.78, 5) is 31.5. The highest BCUT2D eigenvalue weighted by atomic mass is 16.5. The lowest BCUT2D eigenvalue weighted by atomic mass is 10.2. The third kappa shape index (κ3) is 4.63. The summed E-state index contributed by atoms with van der Waals surface area (Å²) < 4.78 is 10.4. The number of hydrogen-bond donors (Lipinski definition) is 2. The number of anilines is 1. The van der Waals surface area contributed by atoms with Crippen LogP contribution < -0.4 is 20.3 Å². The molecule has 7 nitrogen and oxygen atoms in total. The number of carbonyl (C=O) groups excluding carboxylic acids is 1. The van der Waals surface area contributed by atoms with Crippen LogP contribution in [0.15, 0.2) is 47.3 Å². The predicted molar refractivity (Wildman–Crippen MR) is 103 cm³/mol. The standard InChI is InChI=1S/C20H21N3O4/c1-26-14-10-13(11-15(12-14)27-2)21-19(24)9-5-8-18-22-17-7-4-3-6-16(17)20(25)23-18/h3-4,6-7,10-12H,5,8-9H2,1-2H3,(H,21,24)(H,22,23,25). The summed E-state index contributed by atoms with van der Waals surface area (Å²) in [5, 5.41) is 3.39. The zero-order valence-corrected chi connectivity index (χ0v) is 15.2. The second-order valence-corrected chi connectivity index (χ2v) is 6.03. The smallest absolute Gasteiger partial charge is 0.258 e. The summed E-state index contributed by atoms with van der Waals surface area (Å²) in [5.41, 5.74) is 1.10. The van der Waals surface area contributed by atoms with Crippen LogP contribution in [-0.2, 0) is 11.2 Å². The van der Waals surface area contributed by atoms with Crippen molar-refractivity contribution < 1.29 is 14.3 Å². The van der Waals surface area contributed by atoms with Gasteiger partial charge in [0.15, 0.2) is 0 Å². The molecular formula is C20H21N3O4. The van der Waals surface area contributed by atoms with Crippen LogP contribution in [0.5, 0.6) is 11.5 Å². The van der Waals surface area contributed by atoms with E-state index in [-0.39, 0.29) is 11.5 Å². The number of benzene rings is 2. The van der Waals surface area contributed by atoms with E-state index in [1.807, 2.05) is 6.07 Å². The Morgan fingerprint density at radius 3 is 2.52 bits per heavy atom. The van der Waals surface area contributed by atoms with Gasteiger partial charge in [-0.1, -0.05) is 12.1 Å². The van der Waals surface area contributed by atoms with Crippen molar-refractivity contribution in [1.29, 1.82) is 0 Å². The zero-order valence-electron chi connectivity index (χ0n) is 15.2. The molecule has 0 unspecified atom stereocenters. The molecule has 1 heterocycles. The molecule has 1 aromatic heterocycles. The lowest BCUT2D eigenvalue weighted by molar-refractivity contribution is -0.116. The largest absolute Gasteiger partial charge is 0.497 e. The van der Waals surface area contributed by atoms with Gasteiger partial charge in [-0.25, -0.2) is 4.98 Å². The van der Waals surface area contributed by atoms with Crippen LogP contribution >= 0.6 is 0 Å². The van der Waals surface area contributed by atoms with Crippen molar-refractivity contribution in [1.82, 2.24) is 9.97 Å². The number of fused-ring (bicyclic) bond motifs is 1. The number of para-hydroxylation sites is 1. The molecule has 0 bridgehead atoms. The van der Waals surface area contributed by atoms with Gasteiger partial charge >= 0.3 is 0 Å². The number of nitrogens with zero attached hydrogens (tertiary/aromatic N) is 1. The Morgan fingerprint density at radius 1 is 1.11 bits per heavy atom. The van der Waals surface area contributed by atoms with E-state index >= 15 is 0 Å². The van der Waals surface area contributed by atoms with Crippen LogP contribution in [0, 0.1) is 0 Å². The maximum atomic E-state index is 12.2. The molecule has 3 rings (SSSR count). The Labute approximate surface area is 156 Å². The molecule has 0 saturated heterocycles. The molecule has 0 atom stereocenters. The summed E-state index contributed by atoms with van der Waals surface area (Å²) in [7, 11) is 3.11. The van der Waals surface area contributed by atoms with Crippen molar-refractivity contribution >= 4 is 22.5 Å². The number of carbonyl (C=O) groups is 1. The molecule has 0 aliphatic rings. The summed E-state index contributed by atoms with van der Waals surface area (Å²) in [6, 6.07) is 12.4. The van der Waals surface area contributed by atoms with Gasteiger partial charge in [0.05, 0.1) is 25.1 Å². The number of ether oxygens (including phenoxy) is 2. The van der Waals surface area contributed by atoms with E-state index in [1.165, 1.54) is 0 Å². The minimum atomic E-state index is -0.163. The molecule has 0 fully saturated rings. The maximum absolute atomic E-state index is 12.2. The Balaban J connectivity index is 1.59. The first-order valence-electron chi connectivity index (χ1n) is 8.60. The summed E-state index contributed by atoms with van der Waals surface area (Å²) in [6.45, 7) is 0. The molecule has 27 heavy (non-hydrogen) atoms. The van der Waals surface area contributed by atoms with Crippen molar-refractivity contribution in [2.24, 2.45) is 0 Å². The predicted octanol–water partition coefficient (Wildman–Crippen LogP) is 2.90. The average molecular weight is 367 g/mol. The Bertz CT molecular complexity index is 991. The van der Waals surface area contributed by atoms with Gasteiger partial charge < -0.3 is 19.8 Å². The van der Waals surface area contributed by atoms with Crippen molar-refractivity contribution in [3.8, 4) is 11.5 Å². The molecule has 0 aliphatic heterocycles. The van der Waals surface area contributed by atoms with Gasteiger partial charge in [-0.2, -0.15) is 0 Å². The molecule has 0 aliphatic carbocycles. The van der Waals surface area contributed by atoms with Gasteiger partial charge in [0.2, 0.25) is 5.91 Å². The molecule has 2 N–H and O–H groups in total. The highest BCUT2D eigenvalue weighted by Gasteiger charge is 2.08. The van der Waals surface area contributed by atoms with Gasteiger partial charge in [-0.3, -0.25) is 9.59 Å². The Morgan fingerprint density at radius 2 is 1.81 bits per heavy atom. The monoisotopic (exact) mass is 367 g/mol. The lowest BCUT2D eigenvalue weighted by Gasteiger charge is -2.10. The van der Waals surface area contributed by atoms with Crippen LogP contribution in [0.2, 0.25) is 0 Å². The van der Waals surface area contributed by atoms with Crippen LogP contribution in [0.4, 0.5) is 5.69 Å². The van der Waals surface area contributed by atoms with E-state index in [0.717, 1.165) is 0 Å². The number of rotatable bonds is 7. The van der Waals surface area contributed by atoms with Gasteiger partial charge in [-0.15, -0.1) is 0 Å². The quantitative estimate of drug-likeness (QED) is 0.670. The second kappa shape index (κ2) is 8.35. The first kappa shape index (κ1) is 18.4. The maximum Gasteiger partial charge on any atom is 0.258 e. The SMILES string of the molecule is COc1cc(NC(=O)CCCc2nc3ccccc3c(=O)[nH]2)cc(OC)c1. The molecule has 0 spiro atoms. The number of aromatic amines is 1. The topological polar surface area (TPSA) is 93.3 Å². The van der Waals surface area contributed by atoms with Crippen molar-refractivity contribution in [3.63, 3.8) is 0 Å². The van der Waals surface area contributed by atoms with Crippen molar-refractivity contribution in [2.75, 3.05) is 19.5 Å². The number of H-pyrrole nitrogens is 1. The van der Waals surface area contributed by atoms with Gasteiger partial charge in [0.25, 0.3) is 5.56 Å². The third-order valence-electron chi connectivity index (χ3n) is 4.11. The number of hydrogen-bond acceptors (Lipinski definition) is 5. The van der Waals surface area contributed by atoms with E-state index < -0.39 is 0 Å². The Hall–Kier alpha value is -3.35. The highest BCUT2D eigenvalue weighted by Crippen LogP contribution is 2.25. The molecule has 1 amide bonds. The third-order valence-corrected chi connectivity index (χ3v) is 4.11. The first-order valence-corrected chi connectivity index (χ1v) is 8.60.